The number of ether oxygens (including phenoxy) is 1. The molecule has 1 amide bonds. The van der Waals surface area contributed by atoms with Gasteiger partial charge in [0.2, 0.25) is 5.91 Å². The molecule has 4 atom stereocenters. The van der Waals surface area contributed by atoms with Gasteiger partial charge in [0, 0.05) is 42.7 Å². The second kappa shape index (κ2) is 7.85. The van der Waals surface area contributed by atoms with Gasteiger partial charge >= 0.3 is 5.97 Å². The largest absolute Gasteiger partial charge is 0.467 e. The smallest absolute Gasteiger partial charge is 0.328 e. The number of amides is 1. The molecular weight excluding hydrogens is 415 g/mol. The van der Waals surface area contributed by atoms with Crippen molar-refractivity contribution in [3.05, 3.63) is 58.3 Å². The highest BCUT2D eigenvalue weighted by Crippen LogP contribution is 2.50. The number of pyridine rings is 1. The van der Waals surface area contributed by atoms with Crippen LogP contribution in [0.1, 0.15) is 31.0 Å². The highest BCUT2D eigenvalue weighted by molar-refractivity contribution is 5.86. The molecule has 5 rings (SSSR count). The number of nitrogens with zero attached hydrogens (tertiary/aromatic N) is 2. The van der Waals surface area contributed by atoms with Crippen molar-refractivity contribution < 1.29 is 23.8 Å². The van der Waals surface area contributed by atoms with E-state index in [1.165, 1.54) is 18.1 Å². The summed E-state index contributed by atoms with van der Waals surface area (Å²) >= 11 is 0. The van der Waals surface area contributed by atoms with E-state index < -0.39 is 29.8 Å². The summed E-state index contributed by atoms with van der Waals surface area (Å²) in [6.45, 7) is -0.0654. The lowest BCUT2D eigenvalue weighted by Crippen LogP contribution is -2.46. The monoisotopic (exact) mass is 440 g/mol. The van der Waals surface area contributed by atoms with Gasteiger partial charge in [0.05, 0.1) is 18.7 Å². The molecular formula is C24H25FN2O5. The summed E-state index contributed by atoms with van der Waals surface area (Å²) in [7, 11) is 1.27. The second-order valence-electron chi connectivity index (χ2n) is 8.94. The van der Waals surface area contributed by atoms with Gasteiger partial charge in [-0.05, 0) is 37.0 Å². The van der Waals surface area contributed by atoms with Crippen LogP contribution < -0.4 is 5.56 Å². The average Bonchev–Trinajstić information content (AvgIpc) is 3.43. The molecule has 1 aliphatic carbocycles. The van der Waals surface area contributed by atoms with Crippen LogP contribution in [0.2, 0.25) is 0 Å². The van der Waals surface area contributed by atoms with Gasteiger partial charge in [-0.1, -0.05) is 18.2 Å². The van der Waals surface area contributed by atoms with E-state index in [4.69, 9.17) is 4.74 Å². The maximum Gasteiger partial charge on any atom is 0.328 e. The number of halogens is 1. The first-order valence-corrected chi connectivity index (χ1v) is 10.9. The molecule has 3 heterocycles. The summed E-state index contributed by atoms with van der Waals surface area (Å²) in [5, 5.41) is 10.2. The van der Waals surface area contributed by atoms with Crippen molar-refractivity contribution in [1.29, 1.82) is 0 Å². The van der Waals surface area contributed by atoms with E-state index in [2.05, 4.69) is 0 Å². The number of aliphatic hydroxyl groups is 1. The number of esters is 1. The second-order valence-corrected chi connectivity index (χ2v) is 8.94. The number of hydrogen-bond acceptors (Lipinski definition) is 5. The van der Waals surface area contributed by atoms with Gasteiger partial charge in [-0.2, -0.15) is 0 Å². The predicted molar refractivity (Wildman–Crippen MR) is 113 cm³/mol. The number of hydrogen-bond donors (Lipinski definition) is 1. The summed E-state index contributed by atoms with van der Waals surface area (Å²) in [6.07, 6.45) is 2.32. The van der Waals surface area contributed by atoms with Gasteiger partial charge in [-0.3, -0.25) is 9.59 Å². The summed E-state index contributed by atoms with van der Waals surface area (Å²) < 4.78 is 20.9. The van der Waals surface area contributed by atoms with Gasteiger partial charge in [0.25, 0.3) is 5.56 Å². The fourth-order valence-electron chi connectivity index (χ4n) is 5.41. The van der Waals surface area contributed by atoms with Crippen molar-refractivity contribution in [1.82, 2.24) is 9.47 Å². The molecule has 1 aromatic heterocycles. The van der Waals surface area contributed by atoms with E-state index in [1.807, 2.05) is 0 Å². The lowest BCUT2D eigenvalue weighted by molar-refractivity contribution is -0.154. The molecule has 0 unspecified atom stereocenters. The molecule has 1 saturated carbocycles. The number of carbonyl (C=O) groups is 2. The molecule has 32 heavy (non-hydrogen) atoms. The number of benzene rings is 1. The van der Waals surface area contributed by atoms with Gasteiger partial charge in [-0.15, -0.1) is 0 Å². The quantitative estimate of drug-likeness (QED) is 0.720. The minimum absolute atomic E-state index is 0.159. The molecule has 7 nitrogen and oxygen atoms in total. The Balaban J connectivity index is 1.60. The van der Waals surface area contributed by atoms with E-state index in [1.54, 1.807) is 34.9 Å². The van der Waals surface area contributed by atoms with E-state index in [-0.39, 0.29) is 41.7 Å². The first-order valence-electron chi connectivity index (χ1n) is 10.9. The molecule has 1 saturated heterocycles. The molecule has 2 aromatic rings. The van der Waals surface area contributed by atoms with E-state index >= 15 is 0 Å². The van der Waals surface area contributed by atoms with Crippen molar-refractivity contribution in [2.24, 2.45) is 17.8 Å². The zero-order valence-electron chi connectivity index (χ0n) is 17.7. The van der Waals surface area contributed by atoms with Crippen molar-refractivity contribution in [2.45, 2.75) is 37.9 Å². The lowest BCUT2D eigenvalue weighted by Gasteiger charge is -2.30. The topological polar surface area (TPSA) is 88.8 Å². The summed E-state index contributed by atoms with van der Waals surface area (Å²) in [5.74, 6) is -1.74. The molecule has 2 aliphatic heterocycles. The van der Waals surface area contributed by atoms with E-state index in [0.717, 1.165) is 12.8 Å². The number of aromatic nitrogens is 1. The summed E-state index contributed by atoms with van der Waals surface area (Å²) in [6, 6.07) is 8.03. The van der Waals surface area contributed by atoms with Gasteiger partial charge in [-0.25, -0.2) is 9.18 Å². The molecule has 1 aromatic carbocycles. The molecule has 168 valence electrons. The standard InChI is InChI=1S/C24H25FN2O5/c1-32-24(31)22-17(12-28)16-11-26-19(21(16)27(22)20(29)10-13-6-7-13)9-8-15(23(26)30)14-4-2-3-5-18(14)25/h2-5,8-9,13,16-17,21-22,28H,6-7,10-12H2,1H3/t16-,17-,21+,22-/m1/s1. The minimum atomic E-state index is -0.888. The maximum absolute atomic E-state index is 14.3. The lowest BCUT2D eigenvalue weighted by atomic mass is 9.88. The number of rotatable bonds is 5. The third kappa shape index (κ3) is 3.16. The van der Waals surface area contributed by atoms with Crippen LogP contribution in [0, 0.1) is 23.6 Å². The van der Waals surface area contributed by atoms with Gasteiger partial charge in [0.1, 0.15) is 11.9 Å². The van der Waals surface area contributed by atoms with Crippen LogP contribution in [0.5, 0.6) is 0 Å². The summed E-state index contributed by atoms with van der Waals surface area (Å²) in [4.78, 5) is 40.8. The van der Waals surface area contributed by atoms with Crippen LogP contribution in [0.25, 0.3) is 11.1 Å². The maximum atomic E-state index is 14.3. The fraction of sp³-hybridized carbons (Fsp3) is 0.458. The molecule has 1 N–H and O–H groups in total. The Bertz CT molecular complexity index is 1140. The van der Waals surface area contributed by atoms with Crippen molar-refractivity contribution in [3.63, 3.8) is 0 Å². The molecule has 0 radical (unpaired) electrons. The van der Waals surface area contributed by atoms with Crippen LogP contribution in [-0.4, -0.2) is 46.2 Å². The SMILES string of the molecule is COC(=O)[C@H]1[C@H](CO)[C@H]2Cn3c(ccc(-c4ccccc4F)c3=O)[C@H]2N1C(=O)CC1CC1. The zero-order chi connectivity index (χ0) is 22.6. The first kappa shape index (κ1) is 20.9. The van der Waals surface area contributed by atoms with Gasteiger partial charge < -0.3 is 19.3 Å². The third-order valence-corrected chi connectivity index (χ3v) is 7.13. The number of aliphatic hydroxyl groups excluding tert-OH is 1. The normalized spacial score (nSPS) is 26.0. The van der Waals surface area contributed by atoms with Crippen LogP contribution in [0.4, 0.5) is 4.39 Å². The molecule has 3 aliphatic rings. The first-order chi connectivity index (χ1) is 15.5. The number of carbonyl (C=O) groups excluding carboxylic acids is 2. The highest BCUT2D eigenvalue weighted by atomic mass is 19.1. The Morgan fingerprint density at radius 3 is 2.56 bits per heavy atom. The highest BCUT2D eigenvalue weighted by Gasteiger charge is 2.58. The fourth-order valence-corrected chi connectivity index (χ4v) is 5.41. The van der Waals surface area contributed by atoms with Crippen LogP contribution in [-0.2, 0) is 20.9 Å². The molecule has 2 fully saturated rings. The van der Waals surface area contributed by atoms with E-state index in [9.17, 15) is 23.9 Å². The number of likely N-dealkylation sites (tertiary alicyclic amines) is 1. The van der Waals surface area contributed by atoms with E-state index in [0.29, 0.717) is 18.0 Å². The Morgan fingerprint density at radius 1 is 1.16 bits per heavy atom. The van der Waals surface area contributed by atoms with Crippen molar-refractivity contribution >= 4 is 11.9 Å². The molecule has 8 heteroatoms. The molecule has 0 bridgehead atoms. The Hall–Kier alpha value is -3.00. The zero-order valence-corrected chi connectivity index (χ0v) is 17.7. The minimum Gasteiger partial charge on any atom is -0.467 e. The Labute approximate surface area is 184 Å². The predicted octanol–water partition coefficient (Wildman–Crippen LogP) is 2.12. The number of methoxy groups -OCH3 is 1. The van der Waals surface area contributed by atoms with Crippen molar-refractivity contribution in [3.8, 4) is 11.1 Å². The van der Waals surface area contributed by atoms with Crippen LogP contribution >= 0.6 is 0 Å². The van der Waals surface area contributed by atoms with Crippen LogP contribution in [0.3, 0.4) is 0 Å². The summed E-state index contributed by atoms with van der Waals surface area (Å²) in [5.41, 5.74) is 0.724. The third-order valence-electron chi connectivity index (χ3n) is 7.13. The van der Waals surface area contributed by atoms with Crippen molar-refractivity contribution in [2.75, 3.05) is 13.7 Å². The Kier molecular flexibility index (Phi) is 5.12. The van der Waals surface area contributed by atoms with Gasteiger partial charge in [0.15, 0.2) is 0 Å². The number of fused-ring (bicyclic) bond motifs is 3. The average molecular weight is 440 g/mol. The molecule has 0 spiro atoms. The Morgan fingerprint density at radius 2 is 1.91 bits per heavy atom. The van der Waals surface area contributed by atoms with Crippen LogP contribution in [0.15, 0.2) is 41.2 Å².